The van der Waals surface area contributed by atoms with Crippen molar-refractivity contribution in [1.82, 2.24) is 4.98 Å². The monoisotopic (exact) mass is 225 g/mol. The molecule has 1 fully saturated rings. The summed E-state index contributed by atoms with van der Waals surface area (Å²) in [5.41, 5.74) is 2.58. The van der Waals surface area contributed by atoms with E-state index in [0.29, 0.717) is 0 Å². The van der Waals surface area contributed by atoms with Crippen LogP contribution in [0.25, 0.3) is 0 Å². The largest absolute Gasteiger partial charge is 0.260 e. The van der Waals surface area contributed by atoms with Gasteiger partial charge in [-0.05, 0) is 47.3 Å². The number of rotatable bonds is 1. The Balaban J connectivity index is 2.27. The van der Waals surface area contributed by atoms with Gasteiger partial charge in [0.2, 0.25) is 0 Å². The second kappa shape index (κ2) is 3.17. The zero-order chi connectivity index (χ0) is 8.55. The van der Waals surface area contributed by atoms with Crippen LogP contribution < -0.4 is 0 Å². The topological polar surface area (TPSA) is 12.9 Å². The van der Waals surface area contributed by atoms with Crippen LogP contribution in [-0.2, 0) is 0 Å². The SMILES string of the molecule is Cc1cc(C2CCC2)ncc1Br. The molecule has 1 aromatic heterocycles. The van der Waals surface area contributed by atoms with E-state index >= 15 is 0 Å². The predicted molar refractivity (Wildman–Crippen MR) is 53.3 cm³/mol. The molecule has 2 heteroatoms. The zero-order valence-electron chi connectivity index (χ0n) is 7.18. The minimum Gasteiger partial charge on any atom is -0.260 e. The maximum Gasteiger partial charge on any atom is 0.0438 e. The fourth-order valence-corrected chi connectivity index (χ4v) is 1.71. The van der Waals surface area contributed by atoms with Gasteiger partial charge >= 0.3 is 0 Å². The second-order valence-electron chi connectivity index (χ2n) is 3.49. The molecule has 0 radical (unpaired) electrons. The molecule has 1 heterocycles. The Labute approximate surface area is 81.3 Å². The molecule has 0 unspecified atom stereocenters. The molecular weight excluding hydrogens is 214 g/mol. The summed E-state index contributed by atoms with van der Waals surface area (Å²) in [4.78, 5) is 4.41. The summed E-state index contributed by atoms with van der Waals surface area (Å²) in [7, 11) is 0. The average molecular weight is 226 g/mol. The molecule has 0 spiro atoms. The lowest BCUT2D eigenvalue weighted by Crippen LogP contribution is -2.10. The van der Waals surface area contributed by atoms with Gasteiger partial charge in [-0.25, -0.2) is 0 Å². The Hall–Kier alpha value is -0.370. The predicted octanol–water partition coefficient (Wildman–Crippen LogP) is 3.42. The fourth-order valence-electron chi connectivity index (χ4n) is 1.49. The van der Waals surface area contributed by atoms with Crippen molar-refractivity contribution in [3.05, 3.63) is 28.0 Å². The maximum absolute atomic E-state index is 4.41. The number of halogens is 1. The summed E-state index contributed by atoms with van der Waals surface area (Å²) in [6, 6.07) is 2.20. The molecule has 1 aliphatic carbocycles. The number of hydrogen-bond donors (Lipinski definition) is 0. The minimum absolute atomic E-state index is 0.747. The van der Waals surface area contributed by atoms with E-state index in [0.717, 1.165) is 10.4 Å². The van der Waals surface area contributed by atoms with Crippen molar-refractivity contribution < 1.29 is 0 Å². The number of nitrogens with zero attached hydrogens (tertiary/aromatic N) is 1. The molecule has 12 heavy (non-hydrogen) atoms. The van der Waals surface area contributed by atoms with Gasteiger partial charge in [0.05, 0.1) is 0 Å². The number of pyridine rings is 1. The third kappa shape index (κ3) is 1.40. The summed E-state index contributed by atoms with van der Waals surface area (Å²) in [6.07, 6.45) is 5.95. The quantitative estimate of drug-likeness (QED) is 0.714. The van der Waals surface area contributed by atoms with E-state index < -0.39 is 0 Å². The number of aryl methyl sites for hydroxylation is 1. The van der Waals surface area contributed by atoms with Gasteiger partial charge in [0.25, 0.3) is 0 Å². The highest BCUT2D eigenvalue weighted by atomic mass is 79.9. The van der Waals surface area contributed by atoms with E-state index in [-0.39, 0.29) is 0 Å². The van der Waals surface area contributed by atoms with E-state index in [2.05, 4.69) is 33.9 Å². The van der Waals surface area contributed by atoms with Gasteiger partial charge in [-0.1, -0.05) is 6.42 Å². The van der Waals surface area contributed by atoms with Crippen LogP contribution in [0.15, 0.2) is 16.7 Å². The van der Waals surface area contributed by atoms with E-state index in [1.807, 2.05) is 6.20 Å². The molecule has 0 atom stereocenters. The van der Waals surface area contributed by atoms with Crippen molar-refractivity contribution in [2.24, 2.45) is 0 Å². The molecular formula is C10H12BrN. The normalized spacial score (nSPS) is 17.5. The zero-order valence-corrected chi connectivity index (χ0v) is 8.76. The van der Waals surface area contributed by atoms with Crippen LogP contribution in [0.3, 0.4) is 0 Å². The standard InChI is InChI=1S/C10H12BrN/c1-7-5-10(8-3-2-4-8)12-6-9(7)11/h5-6,8H,2-4H2,1H3. The van der Waals surface area contributed by atoms with Crippen LogP contribution in [-0.4, -0.2) is 4.98 Å². The summed E-state index contributed by atoms with van der Waals surface area (Å²) in [6.45, 7) is 2.12. The van der Waals surface area contributed by atoms with Gasteiger partial charge < -0.3 is 0 Å². The van der Waals surface area contributed by atoms with Crippen LogP contribution in [0.1, 0.15) is 36.4 Å². The van der Waals surface area contributed by atoms with Crippen molar-refractivity contribution in [3.8, 4) is 0 Å². The molecule has 1 aromatic rings. The van der Waals surface area contributed by atoms with Gasteiger partial charge in [-0.3, -0.25) is 4.98 Å². The molecule has 0 bridgehead atoms. The Morgan fingerprint density at radius 2 is 2.25 bits per heavy atom. The fraction of sp³-hybridized carbons (Fsp3) is 0.500. The van der Waals surface area contributed by atoms with Crippen LogP contribution in [0.4, 0.5) is 0 Å². The molecule has 64 valence electrons. The summed E-state index contributed by atoms with van der Waals surface area (Å²) >= 11 is 3.46. The van der Waals surface area contributed by atoms with Crippen LogP contribution >= 0.6 is 15.9 Å². The highest BCUT2D eigenvalue weighted by Crippen LogP contribution is 2.35. The first-order valence-corrected chi connectivity index (χ1v) is 5.18. The first kappa shape index (κ1) is 8.24. The van der Waals surface area contributed by atoms with Crippen molar-refractivity contribution in [1.29, 1.82) is 0 Å². The average Bonchev–Trinajstić information content (AvgIpc) is 1.93. The van der Waals surface area contributed by atoms with Gasteiger partial charge in [-0.2, -0.15) is 0 Å². The second-order valence-corrected chi connectivity index (χ2v) is 4.34. The Kier molecular flexibility index (Phi) is 2.18. The molecule has 0 aromatic carbocycles. The van der Waals surface area contributed by atoms with Crippen molar-refractivity contribution in [2.75, 3.05) is 0 Å². The molecule has 0 amide bonds. The first-order chi connectivity index (χ1) is 5.77. The first-order valence-electron chi connectivity index (χ1n) is 4.39. The lowest BCUT2D eigenvalue weighted by atomic mass is 9.82. The van der Waals surface area contributed by atoms with E-state index in [1.54, 1.807) is 0 Å². The van der Waals surface area contributed by atoms with E-state index in [9.17, 15) is 0 Å². The molecule has 0 aliphatic heterocycles. The lowest BCUT2D eigenvalue weighted by Gasteiger charge is -2.24. The van der Waals surface area contributed by atoms with Gasteiger partial charge in [0.15, 0.2) is 0 Å². The van der Waals surface area contributed by atoms with Crippen LogP contribution in [0.2, 0.25) is 0 Å². The smallest absolute Gasteiger partial charge is 0.0438 e. The van der Waals surface area contributed by atoms with Crippen LogP contribution in [0.5, 0.6) is 0 Å². The lowest BCUT2D eigenvalue weighted by molar-refractivity contribution is 0.411. The molecule has 0 N–H and O–H groups in total. The number of hydrogen-bond acceptors (Lipinski definition) is 1. The van der Waals surface area contributed by atoms with Gasteiger partial charge in [-0.15, -0.1) is 0 Å². The molecule has 1 nitrogen and oxygen atoms in total. The van der Waals surface area contributed by atoms with Crippen molar-refractivity contribution >= 4 is 15.9 Å². The van der Waals surface area contributed by atoms with Crippen LogP contribution in [0, 0.1) is 6.92 Å². The molecule has 1 saturated carbocycles. The summed E-state index contributed by atoms with van der Waals surface area (Å²) < 4.78 is 1.12. The van der Waals surface area contributed by atoms with E-state index in [1.165, 1.54) is 30.5 Å². The Bertz CT molecular complexity index is 292. The van der Waals surface area contributed by atoms with Gasteiger partial charge in [0, 0.05) is 22.3 Å². The van der Waals surface area contributed by atoms with E-state index in [4.69, 9.17) is 0 Å². The molecule has 2 rings (SSSR count). The number of aromatic nitrogens is 1. The molecule has 1 aliphatic rings. The third-order valence-electron chi connectivity index (χ3n) is 2.59. The van der Waals surface area contributed by atoms with Crippen molar-refractivity contribution in [2.45, 2.75) is 32.1 Å². The summed E-state index contributed by atoms with van der Waals surface area (Å²) in [5.74, 6) is 0.747. The Morgan fingerprint density at radius 3 is 2.75 bits per heavy atom. The summed E-state index contributed by atoms with van der Waals surface area (Å²) in [5, 5.41) is 0. The highest BCUT2D eigenvalue weighted by Gasteiger charge is 2.20. The van der Waals surface area contributed by atoms with Crippen molar-refractivity contribution in [3.63, 3.8) is 0 Å². The van der Waals surface area contributed by atoms with Gasteiger partial charge in [0.1, 0.15) is 0 Å². The maximum atomic E-state index is 4.41. The molecule has 0 saturated heterocycles. The minimum atomic E-state index is 0.747. The highest BCUT2D eigenvalue weighted by molar-refractivity contribution is 9.10. The Morgan fingerprint density at radius 1 is 1.50 bits per heavy atom. The third-order valence-corrected chi connectivity index (χ3v) is 3.42.